The van der Waals surface area contributed by atoms with Gasteiger partial charge in [-0.2, -0.15) is 0 Å². The molecule has 5 heteroatoms. The fourth-order valence-electron chi connectivity index (χ4n) is 2.39. The Morgan fingerprint density at radius 2 is 1.46 bits per heavy atom. The first kappa shape index (κ1) is 17.7. The lowest BCUT2D eigenvalue weighted by atomic mass is 10.0. The number of aliphatic hydroxyl groups is 1. The molecule has 0 aliphatic rings. The molecule has 0 aromatic heterocycles. The normalized spacial score (nSPS) is 11.1. The predicted octanol–water partition coefficient (Wildman–Crippen LogP) is 3.25. The second-order valence-corrected chi connectivity index (χ2v) is 5.01. The Hall–Kier alpha value is -2.66. The van der Waals surface area contributed by atoms with Gasteiger partial charge in [-0.3, -0.25) is 0 Å². The zero-order valence-corrected chi connectivity index (χ0v) is 14.3. The maximum Gasteiger partial charge on any atom is 0.203 e. The standard InChI is InChI=1S/C19H22O5/c1-21-16-7-5-13(6-8-16)9-15(12-20)14-10-17(22-2)19(24-4)18(11-14)23-3/h5-11,20H,12H2,1-4H3/b15-9+. The Balaban J connectivity index is 2.47. The van der Waals surface area contributed by atoms with Gasteiger partial charge in [0, 0.05) is 0 Å². The number of rotatable bonds is 7. The number of ether oxygens (including phenoxy) is 4. The highest BCUT2D eigenvalue weighted by Gasteiger charge is 2.15. The molecule has 1 N–H and O–H groups in total. The molecule has 0 saturated heterocycles. The highest BCUT2D eigenvalue weighted by Crippen LogP contribution is 2.40. The number of methoxy groups -OCH3 is 4. The Bertz CT molecular complexity index is 679. The largest absolute Gasteiger partial charge is 0.497 e. The van der Waals surface area contributed by atoms with Crippen LogP contribution < -0.4 is 18.9 Å². The van der Waals surface area contributed by atoms with Crippen molar-refractivity contribution >= 4 is 11.6 Å². The molecule has 2 aromatic carbocycles. The molecule has 0 aliphatic carbocycles. The molecule has 5 nitrogen and oxygen atoms in total. The van der Waals surface area contributed by atoms with Crippen LogP contribution in [0.1, 0.15) is 11.1 Å². The van der Waals surface area contributed by atoms with E-state index < -0.39 is 0 Å². The minimum atomic E-state index is -0.120. The van der Waals surface area contributed by atoms with Crippen LogP contribution in [0, 0.1) is 0 Å². The summed E-state index contributed by atoms with van der Waals surface area (Å²) < 4.78 is 21.2. The van der Waals surface area contributed by atoms with E-state index in [0.29, 0.717) is 17.2 Å². The molecule has 0 amide bonds. The summed E-state index contributed by atoms with van der Waals surface area (Å²) >= 11 is 0. The zero-order chi connectivity index (χ0) is 17.5. The van der Waals surface area contributed by atoms with Crippen molar-refractivity contribution in [3.05, 3.63) is 47.5 Å². The number of hydrogen-bond acceptors (Lipinski definition) is 5. The first-order chi connectivity index (χ1) is 11.7. The average molecular weight is 330 g/mol. The molecule has 0 radical (unpaired) electrons. The molecule has 0 fully saturated rings. The summed E-state index contributed by atoms with van der Waals surface area (Å²) in [6, 6.07) is 11.2. The van der Waals surface area contributed by atoms with Gasteiger partial charge in [-0.25, -0.2) is 0 Å². The summed E-state index contributed by atoms with van der Waals surface area (Å²) in [5.74, 6) is 2.39. The van der Waals surface area contributed by atoms with E-state index >= 15 is 0 Å². The first-order valence-electron chi connectivity index (χ1n) is 7.42. The summed E-state index contributed by atoms with van der Waals surface area (Å²) in [4.78, 5) is 0. The third-order valence-electron chi connectivity index (χ3n) is 3.66. The maximum atomic E-state index is 9.79. The predicted molar refractivity (Wildman–Crippen MR) is 94.0 cm³/mol. The zero-order valence-electron chi connectivity index (χ0n) is 14.3. The van der Waals surface area contributed by atoms with E-state index in [-0.39, 0.29) is 6.61 Å². The molecular formula is C19H22O5. The van der Waals surface area contributed by atoms with E-state index in [9.17, 15) is 5.11 Å². The molecule has 0 aliphatic heterocycles. The van der Waals surface area contributed by atoms with E-state index in [1.165, 1.54) is 0 Å². The molecule has 24 heavy (non-hydrogen) atoms. The van der Waals surface area contributed by atoms with E-state index in [0.717, 1.165) is 22.4 Å². The summed E-state index contributed by atoms with van der Waals surface area (Å²) in [6.07, 6.45) is 1.90. The van der Waals surface area contributed by atoms with Gasteiger partial charge in [0.1, 0.15) is 5.75 Å². The number of aliphatic hydroxyl groups excluding tert-OH is 1. The Morgan fingerprint density at radius 1 is 0.875 bits per heavy atom. The van der Waals surface area contributed by atoms with Crippen LogP contribution in [0.15, 0.2) is 36.4 Å². The van der Waals surface area contributed by atoms with E-state index in [1.54, 1.807) is 28.4 Å². The van der Waals surface area contributed by atoms with Crippen molar-refractivity contribution in [2.24, 2.45) is 0 Å². The van der Waals surface area contributed by atoms with Gasteiger partial charge in [-0.15, -0.1) is 0 Å². The molecule has 0 heterocycles. The van der Waals surface area contributed by atoms with E-state index in [2.05, 4.69) is 0 Å². The van der Waals surface area contributed by atoms with Crippen LogP contribution in [-0.4, -0.2) is 40.2 Å². The lowest BCUT2D eigenvalue weighted by molar-refractivity contribution is 0.323. The number of hydrogen-bond donors (Lipinski definition) is 1. The molecule has 0 spiro atoms. The van der Waals surface area contributed by atoms with Crippen LogP contribution >= 0.6 is 0 Å². The summed E-state index contributed by atoms with van der Waals surface area (Å²) in [5.41, 5.74) is 2.48. The van der Waals surface area contributed by atoms with E-state index in [1.807, 2.05) is 42.5 Å². The molecule has 0 saturated carbocycles. The quantitative estimate of drug-likeness (QED) is 0.790. The Morgan fingerprint density at radius 3 is 1.88 bits per heavy atom. The van der Waals surface area contributed by atoms with Crippen LogP contribution in [0.4, 0.5) is 0 Å². The molecule has 0 atom stereocenters. The first-order valence-corrected chi connectivity index (χ1v) is 7.42. The van der Waals surface area contributed by atoms with Crippen molar-refractivity contribution in [3.63, 3.8) is 0 Å². The fourth-order valence-corrected chi connectivity index (χ4v) is 2.39. The second kappa shape index (κ2) is 8.26. The van der Waals surface area contributed by atoms with Crippen LogP contribution in [0.5, 0.6) is 23.0 Å². The summed E-state index contributed by atoms with van der Waals surface area (Å²) in [5, 5.41) is 9.79. The van der Waals surface area contributed by atoms with Crippen molar-refractivity contribution < 1.29 is 24.1 Å². The third kappa shape index (κ3) is 3.81. The Labute approximate surface area is 142 Å². The third-order valence-corrected chi connectivity index (χ3v) is 3.66. The minimum absolute atomic E-state index is 0.120. The van der Waals surface area contributed by atoms with E-state index in [4.69, 9.17) is 18.9 Å². The minimum Gasteiger partial charge on any atom is -0.497 e. The molecule has 2 aromatic rings. The van der Waals surface area contributed by atoms with Gasteiger partial charge >= 0.3 is 0 Å². The molecule has 0 unspecified atom stereocenters. The fraction of sp³-hybridized carbons (Fsp3) is 0.263. The van der Waals surface area contributed by atoms with Crippen molar-refractivity contribution in [2.75, 3.05) is 35.0 Å². The Kier molecular flexibility index (Phi) is 6.09. The van der Waals surface area contributed by atoms with Crippen molar-refractivity contribution in [3.8, 4) is 23.0 Å². The average Bonchev–Trinajstić information content (AvgIpc) is 2.65. The number of benzene rings is 2. The molecule has 2 rings (SSSR count). The summed E-state index contributed by atoms with van der Waals surface area (Å²) in [6.45, 7) is -0.120. The van der Waals surface area contributed by atoms with Crippen LogP contribution in [-0.2, 0) is 0 Å². The van der Waals surface area contributed by atoms with Gasteiger partial charge in [0.05, 0.1) is 35.0 Å². The van der Waals surface area contributed by atoms with Gasteiger partial charge in [0.25, 0.3) is 0 Å². The van der Waals surface area contributed by atoms with Gasteiger partial charge in [-0.05, 0) is 47.0 Å². The molecule has 128 valence electrons. The van der Waals surface area contributed by atoms with Gasteiger partial charge in [-0.1, -0.05) is 12.1 Å². The van der Waals surface area contributed by atoms with Gasteiger partial charge in [0.15, 0.2) is 11.5 Å². The highest BCUT2D eigenvalue weighted by atomic mass is 16.5. The topological polar surface area (TPSA) is 57.2 Å². The molecular weight excluding hydrogens is 308 g/mol. The smallest absolute Gasteiger partial charge is 0.203 e. The monoisotopic (exact) mass is 330 g/mol. The van der Waals surface area contributed by atoms with Gasteiger partial charge < -0.3 is 24.1 Å². The van der Waals surface area contributed by atoms with Crippen LogP contribution in [0.25, 0.3) is 11.6 Å². The lowest BCUT2D eigenvalue weighted by Crippen LogP contribution is -1.98. The summed E-state index contributed by atoms with van der Waals surface area (Å²) in [7, 11) is 6.31. The lowest BCUT2D eigenvalue weighted by Gasteiger charge is -2.15. The van der Waals surface area contributed by atoms with Crippen molar-refractivity contribution in [1.82, 2.24) is 0 Å². The van der Waals surface area contributed by atoms with Gasteiger partial charge in [0.2, 0.25) is 5.75 Å². The van der Waals surface area contributed by atoms with Crippen LogP contribution in [0.3, 0.4) is 0 Å². The molecule has 0 bridgehead atoms. The van der Waals surface area contributed by atoms with Crippen molar-refractivity contribution in [2.45, 2.75) is 0 Å². The second-order valence-electron chi connectivity index (χ2n) is 5.01. The SMILES string of the molecule is COc1ccc(/C=C(\CO)c2cc(OC)c(OC)c(OC)c2)cc1. The van der Waals surface area contributed by atoms with Crippen molar-refractivity contribution in [1.29, 1.82) is 0 Å². The van der Waals surface area contributed by atoms with Crippen LogP contribution in [0.2, 0.25) is 0 Å². The maximum absolute atomic E-state index is 9.79. The highest BCUT2D eigenvalue weighted by molar-refractivity contribution is 5.83.